The number of carbonyl (C=O) groups excluding carboxylic acids is 1. The third-order valence-corrected chi connectivity index (χ3v) is 4.89. The predicted octanol–water partition coefficient (Wildman–Crippen LogP) is 3.96. The number of aliphatic hydroxyl groups is 1. The highest BCUT2D eigenvalue weighted by atomic mass is 16.5. The maximum atomic E-state index is 11.2. The molecular formula is C20H31NO3. The Hall–Kier alpha value is -1.81. The highest BCUT2D eigenvalue weighted by Gasteiger charge is 2.23. The van der Waals surface area contributed by atoms with E-state index in [0.29, 0.717) is 19.6 Å². The van der Waals surface area contributed by atoms with Crippen LogP contribution in [0.2, 0.25) is 0 Å². The monoisotopic (exact) mass is 333 g/mol. The van der Waals surface area contributed by atoms with Crippen LogP contribution in [0.3, 0.4) is 0 Å². The molecule has 0 heterocycles. The lowest BCUT2D eigenvalue weighted by molar-refractivity contribution is -0.127. The topological polar surface area (TPSA) is 49.8 Å². The minimum atomic E-state index is -0.614. The van der Waals surface area contributed by atoms with Crippen molar-refractivity contribution in [1.82, 2.24) is 4.90 Å². The van der Waals surface area contributed by atoms with Gasteiger partial charge in [0.25, 0.3) is 0 Å². The molecular weight excluding hydrogens is 302 g/mol. The Morgan fingerprint density at radius 2 is 2.08 bits per heavy atom. The summed E-state index contributed by atoms with van der Waals surface area (Å²) in [5.74, 6) is 0.749. The average molecular weight is 333 g/mol. The van der Waals surface area contributed by atoms with Crippen molar-refractivity contribution in [2.75, 3.05) is 20.2 Å². The maximum Gasteiger partial charge on any atom is 0.219 e. The smallest absolute Gasteiger partial charge is 0.219 e. The summed E-state index contributed by atoms with van der Waals surface area (Å²) in [4.78, 5) is 12.8. The summed E-state index contributed by atoms with van der Waals surface area (Å²) in [7, 11) is 1.74. The summed E-state index contributed by atoms with van der Waals surface area (Å²) in [6.45, 7) is 10.8. The van der Waals surface area contributed by atoms with Crippen LogP contribution in [0.1, 0.15) is 51.7 Å². The second-order valence-corrected chi connectivity index (χ2v) is 6.38. The van der Waals surface area contributed by atoms with Crippen molar-refractivity contribution in [3.63, 3.8) is 0 Å². The molecule has 0 aliphatic rings. The van der Waals surface area contributed by atoms with Gasteiger partial charge in [0.2, 0.25) is 5.91 Å². The van der Waals surface area contributed by atoms with E-state index in [4.69, 9.17) is 4.74 Å². The average Bonchev–Trinajstić information content (AvgIpc) is 2.61. The number of ether oxygens (including phenoxy) is 1. The minimum absolute atomic E-state index is 0.000759. The van der Waals surface area contributed by atoms with Crippen molar-refractivity contribution in [3.8, 4) is 5.75 Å². The van der Waals surface area contributed by atoms with Crippen molar-refractivity contribution < 1.29 is 14.6 Å². The van der Waals surface area contributed by atoms with Crippen LogP contribution in [-0.2, 0) is 4.79 Å². The second-order valence-electron chi connectivity index (χ2n) is 6.38. The van der Waals surface area contributed by atoms with Gasteiger partial charge in [0, 0.05) is 25.9 Å². The summed E-state index contributed by atoms with van der Waals surface area (Å²) >= 11 is 0. The van der Waals surface area contributed by atoms with Gasteiger partial charge in [-0.2, -0.15) is 0 Å². The Bertz CT molecular complexity index is 537. The Balaban J connectivity index is 2.69. The Morgan fingerprint density at radius 1 is 1.42 bits per heavy atom. The van der Waals surface area contributed by atoms with Crippen molar-refractivity contribution in [2.45, 2.75) is 46.1 Å². The molecule has 1 rings (SSSR count). The first-order chi connectivity index (χ1) is 11.4. The van der Waals surface area contributed by atoms with Crippen LogP contribution in [0, 0.1) is 5.41 Å². The van der Waals surface area contributed by atoms with E-state index in [1.54, 1.807) is 11.9 Å². The normalized spacial score (nSPS) is 12.5. The van der Waals surface area contributed by atoms with Gasteiger partial charge in [-0.05, 0) is 37.0 Å². The van der Waals surface area contributed by atoms with E-state index in [1.165, 1.54) is 6.92 Å². The molecule has 0 saturated carbocycles. The van der Waals surface area contributed by atoms with Crippen molar-refractivity contribution >= 4 is 5.91 Å². The first kappa shape index (κ1) is 20.2. The van der Waals surface area contributed by atoms with Crippen LogP contribution in [0.4, 0.5) is 0 Å². The van der Waals surface area contributed by atoms with Crippen LogP contribution in [0.5, 0.6) is 5.75 Å². The molecule has 4 heteroatoms. The molecule has 4 nitrogen and oxygen atoms in total. The first-order valence-electron chi connectivity index (χ1n) is 8.63. The number of benzene rings is 1. The van der Waals surface area contributed by atoms with Gasteiger partial charge in [0.05, 0.1) is 12.7 Å². The van der Waals surface area contributed by atoms with E-state index in [1.807, 2.05) is 30.3 Å². The van der Waals surface area contributed by atoms with Crippen LogP contribution < -0.4 is 4.74 Å². The molecule has 0 fully saturated rings. The lowest BCUT2D eigenvalue weighted by Gasteiger charge is -2.27. The largest absolute Gasteiger partial charge is 0.493 e. The number of hydrogen-bond acceptors (Lipinski definition) is 3. The quantitative estimate of drug-likeness (QED) is 0.659. The fraction of sp³-hybridized carbons (Fsp3) is 0.550. The van der Waals surface area contributed by atoms with E-state index in [9.17, 15) is 9.90 Å². The molecule has 1 atom stereocenters. The van der Waals surface area contributed by atoms with E-state index in [2.05, 4.69) is 20.4 Å². The van der Waals surface area contributed by atoms with Gasteiger partial charge in [-0.1, -0.05) is 32.1 Å². The number of rotatable bonds is 10. The van der Waals surface area contributed by atoms with Crippen LogP contribution in [-0.4, -0.2) is 36.1 Å². The standard InChI is InChI=1S/C20H31NO3/c1-6-20(7-2,8-3)15-24-18-11-9-10-17(14-18)19(23)12-13-21(5)16(4)22/h6,9-11,14,19,23H,1,7-8,12-13,15H2,2-5H3. The summed E-state index contributed by atoms with van der Waals surface area (Å²) in [6, 6.07) is 7.54. The number of carbonyl (C=O) groups is 1. The van der Waals surface area contributed by atoms with Gasteiger partial charge in [-0.15, -0.1) is 6.58 Å². The molecule has 0 aliphatic heterocycles. The van der Waals surface area contributed by atoms with Crippen molar-refractivity contribution in [1.29, 1.82) is 0 Å². The summed E-state index contributed by atoms with van der Waals surface area (Å²) in [5.41, 5.74) is 0.792. The highest BCUT2D eigenvalue weighted by Crippen LogP contribution is 2.29. The Morgan fingerprint density at radius 3 is 2.62 bits per heavy atom. The third kappa shape index (κ3) is 5.68. The molecule has 0 bridgehead atoms. The minimum Gasteiger partial charge on any atom is -0.493 e. The summed E-state index contributed by atoms with van der Waals surface area (Å²) in [5, 5.41) is 10.3. The van der Waals surface area contributed by atoms with Gasteiger partial charge in [-0.3, -0.25) is 4.79 Å². The predicted molar refractivity (Wildman–Crippen MR) is 98.0 cm³/mol. The summed E-state index contributed by atoms with van der Waals surface area (Å²) < 4.78 is 5.95. The van der Waals surface area contributed by atoms with Crippen molar-refractivity contribution in [3.05, 3.63) is 42.5 Å². The van der Waals surface area contributed by atoms with Gasteiger partial charge < -0.3 is 14.7 Å². The van der Waals surface area contributed by atoms with Crippen LogP contribution in [0.15, 0.2) is 36.9 Å². The molecule has 0 spiro atoms. The fourth-order valence-electron chi connectivity index (χ4n) is 2.48. The van der Waals surface area contributed by atoms with Crippen LogP contribution >= 0.6 is 0 Å². The number of amides is 1. The van der Waals surface area contributed by atoms with Gasteiger partial charge in [0.1, 0.15) is 5.75 Å². The SMILES string of the molecule is C=CC(CC)(CC)COc1cccc(C(O)CCN(C)C(C)=O)c1. The summed E-state index contributed by atoms with van der Waals surface area (Å²) in [6.07, 6.45) is 3.82. The van der Waals surface area contributed by atoms with E-state index in [-0.39, 0.29) is 11.3 Å². The molecule has 0 aliphatic carbocycles. The zero-order chi connectivity index (χ0) is 18.2. The molecule has 24 heavy (non-hydrogen) atoms. The third-order valence-electron chi connectivity index (χ3n) is 4.89. The van der Waals surface area contributed by atoms with Crippen molar-refractivity contribution in [2.24, 2.45) is 5.41 Å². The molecule has 134 valence electrons. The van der Waals surface area contributed by atoms with Gasteiger partial charge in [-0.25, -0.2) is 0 Å². The molecule has 1 unspecified atom stereocenters. The first-order valence-corrected chi connectivity index (χ1v) is 8.63. The maximum absolute atomic E-state index is 11.2. The lowest BCUT2D eigenvalue weighted by Crippen LogP contribution is -2.26. The molecule has 1 N–H and O–H groups in total. The molecule has 0 radical (unpaired) electrons. The molecule has 1 aromatic rings. The van der Waals surface area contributed by atoms with E-state index in [0.717, 1.165) is 24.2 Å². The molecule has 0 aromatic heterocycles. The Labute approximate surface area is 146 Å². The number of aliphatic hydroxyl groups excluding tert-OH is 1. The van der Waals surface area contributed by atoms with E-state index < -0.39 is 6.10 Å². The molecule has 1 amide bonds. The van der Waals surface area contributed by atoms with E-state index >= 15 is 0 Å². The van der Waals surface area contributed by atoms with Gasteiger partial charge >= 0.3 is 0 Å². The van der Waals surface area contributed by atoms with Crippen LogP contribution in [0.25, 0.3) is 0 Å². The number of hydrogen-bond donors (Lipinski definition) is 1. The zero-order valence-electron chi connectivity index (χ0n) is 15.4. The second kappa shape index (κ2) is 9.48. The Kier molecular flexibility index (Phi) is 7.99. The molecule has 0 saturated heterocycles. The van der Waals surface area contributed by atoms with Gasteiger partial charge in [0.15, 0.2) is 0 Å². The molecule has 1 aromatic carbocycles. The lowest BCUT2D eigenvalue weighted by atomic mass is 9.83. The fourth-order valence-corrected chi connectivity index (χ4v) is 2.48. The zero-order valence-corrected chi connectivity index (χ0v) is 15.4. The highest BCUT2D eigenvalue weighted by molar-refractivity contribution is 5.72. The number of nitrogens with zero attached hydrogens (tertiary/aromatic N) is 1.